The van der Waals surface area contributed by atoms with E-state index in [-0.39, 0.29) is 0 Å². The lowest BCUT2D eigenvalue weighted by atomic mass is 10.1. The van der Waals surface area contributed by atoms with Gasteiger partial charge in [-0.1, -0.05) is 0 Å². The van der Waals surface area contributed by atoms with Crippen molar-refractivity contribution in [1.29, 1.82) is 0 Å². The number of hydrogen-bond donors (Lipinski definition) is 6. The fraction of sp³-hybridized carbons (Fsp3) is 0.389. The fourth-order valence-corrected chi connectivity index (χ4v) is 1.95. The summed E-state index contributed by atoms with van der Waals surface area (Å²) in [4.78, 5) is 70.7. The van der Waals surface area contributed by atoms with Crippen LogP contribution < -0.4 is 21.7 Å². The van der Waals surface area contributed by atoms with Crippen LogP contribution in [0.3, 0.4) is 0 Å². The zero-order valence-corrected chi connectivity index (χ0v) is 17.8. The van der Waals surface area contributed by atoms with E-state index >= 15 is 0 Å². The number of nitrogens with one attached hydrogen (secondary N) is 3. The highest BCUT2D eigenvalue weighted by Crippen LogP contribution is 2.13. The van der Waals surface area contributed by atoms with Gasteiger partial charge in [-0.2, -0.15) is 13.2 Å². The van der Waals surface area contributed by atoms with Gasteiger partial charge in [0.2, 0.25) is 17.7 Å². The first-order valence-electron chi connectivity index (χ1n) is 9.19. The Morgan fingerprint density at radius 1 is 0.941 bits per heavy atom. The van der Waals surface area contributed by atoms with Crippen LogP contribution in [0.4, 0.5) is 13.2 Å². The molecule has 0 aliphatic rings. The summed E-state index contributed by atoms with van der Waals surface area (Å²) in [6.07, 6.45) is -2.81. The van der Waals surface area contributed by atoms with Crippen LogP contribution in [0.15, 0.2) is 24.5 Å². The summed E-state index contributed by atoms with van der Waals surface area (Å²) in [6, 6.07) is -0.616. The van der Waals surface area contributed by atoms with Crippen LogP contribution >= 0.6 is 0 Å². The highest BCUT2D eigenvalue weighted by atomic mass is 19.4. The molecule has 1 rings (SSSR count). The first-order valence-corrected chi connectivity index (χ1v) is 9.19. The minimum absolute atomic E-state index is 0.311. The summed E-state index contributed by atoms with van der Waals surface area (Å²) in [5, 5.41) is 23.0. The second kappa shape index (κ2) is 13.3. The van der Waals surface area contributed by atoms with Crippen molar-refractivity contribution in [2.45, 2.75) is 44.6 Å². The minimum Gasteiger partial charge on any atom is -0.480 e. The predicted octanol–water partition coefficient (Wildman–Crippen LogP) is -1.22. The number of nitrogens with two attached hydrogens (primary N) is 1. The Bertz CT molecular complexity index is 911. The van der Waals surface area contributed by atoms with Crippen LogP contribution in [0.5, 0.6) is 0 Å². The lowest BCUT2D eigenvalue weighted by Gasteiger charge is -2.20. The molecular weight excluding hydrogens is 471 g/mol. The zero-order chi connectivity index (χ0) is 26.6. The third kappa shape index (κ3) is 11.4. The number of aliphatic carboxylic acids is 2. The molecule has 4 amide bonds. The molecule has 0 bridgehead atoms. The number of carbonyl (C=O) groups excluding carboxylic acids is 4. The predicted molar refractivity (Wildman–Crippen MR) is 106 cm³/mol. The third-order valence-corrected chi connectivity index (χ3v) is 3.70. The summed E-state index contributed by atoms with van der Waals surface area (Å²) in [6.45, 7) is 2.75. The van der Waals surface area contributed by atoms with Gasteiger partial charge in [0.25, 0.3) is 5.91 Å². The molecule has 7 N–H and O–H groups in total. The van der Waals surface area contributed by atoms with E-state index in [2.05, 4.69) is 20.9 Å². The lowest BCUT2D eigenvalue weighted by Crippen LogP contribution is -2.54. The fourth-order valence-electron chi connectivity index (χ4n) is 1.95. The number of carboxylic acid groups (broad SMARTS) is 2. The number of rotatable bonds is 9. The normalized spacial score (nSPS) is 13.1. The van der Waals surface area contributed by atoms with Crippen LogP contribution in [0.2, 0.25) is 0 Å². The standard InChI is InChI=1S/C16H21N5O6.C2HF3O2/c1-8(20-15(25)10-3-5-18-6-4-10)13(23)19-9(2)14(24)21-11(16(26)27)7-12(17)22;3-2(4,5)1(6)7/h3-6,8-9,11H,7H2,1-2H3,(H2,17,22)(H,19,23)(H,20,25)(H,21,24)(H,26,27);(H,6,7)/t8-,9+,11-;/m0./s1. The molecule has 0 aliphatic heterocycles. The number of amides is 4. The smallest absolute Gasteiger partial charge is 0.480 e. The van der Waals surface area contributed by atoms with Crippen LogP contribution in [0, 0.1) is 0 Å². The number of pyridine rings is 1. The SMILES string of the molecule is C[C@H](NC(=O)c1ccncc1)C(=O)N[C@H](C)C(=O)N[C@@H](CC(N)=O)C(=O)O.O=C(O)C(F)(F)F. The van der Waals surface area contributed by atoms with E-state index in [0.717, 1.165) is 0 Å². The Balaban J connectivity index is 0.00000135. The summed E-state index contributed by atoms with van der Waals surface area (Å²) >= 11 is 0. The second-order valence-electron chi connectivity index (χ2n) is 6.53. The molecule has 0 unspecified atom stereocenters. The summed E-state index contributed by atoms with van der Waals surface area (Å²) in [5.41, 5.74) is 5.24. The number of nitrogens with zero attached hydrogens (tertiary/aromatic N) is 1. The molecule has 0 fully saturated rings. The summed E-state index contributed by atoms with van der Waals surface area (Å²) in [5.74, 6) is -7.05. The highest BCUT2D eigenvalue weighted by molar-refractivity contribution is 5.98. The van der Waals surface area contributed by atoms with Crippen molar-refractivity contribution in [1.82, 2.24) is 20.9 Å². The van der Waals surface area contributed by atoms with Crippen molar-refractivity contribution in [2.24, 2.45) is 5.73 Å². The molecule has 1 aromatic heterocycles. The van der Waals surface area contributed by atoms with Crippen molar-refractivity contribution >= 4 is 35.6 Å². The molecule has 3 atom stereocenters. The largest absolute Gasteiger partial charge is 0.490 e. The molecule has 1 heterocycles. The Kier molecular flexibility index (Phi) is 11.7. The highest BCUT2D eigenvalue weighted by Gasteiger charge is 2.38. The van der Waals surface area contributed by atoms with E-state index in [1.165, 1.54) is 38.4 Å². The summed E-state index contributed by atoms with van der Waals surface area (Å²) in [7, 11) is 0. The molecular formula is C18H22F3N5O8. The monoisotopic (exact) mass is 493 g/mol. The van der Waals surface area contributed by atoms with Crippen LogP contribution in [-0.4, -0.2) is 75.1 Å². The molecule has 188 valence electrons. The Hall–Kier alpha value is -4.24. The minimum atomic E-state index is -5.08. The van der Waals surface area contributed by atoms with E-state index in [0.29, 0.717) is 5.56 Å². The first kappa shape index (κ1) is 29.8. The molecule has 1 aromatic rings. The van der Waals surface area contributed by atoms with Gasteiger partial charge in [-0.05, 0) is 26.0 Å². The van der Waals surface area contributed by atoms with Gasteiger partial charge >= 0.3 is 18.1 Å². The van der Waals surface area contributed by atoms with E-state index in [4.69, 9.17) is 20.7 Å². The number of primary amides is 1. The Morgan fingerprint density at radius 3 is 1.79 bits per heavy atom. The topological polar surface area (TPSA) is 218 Å². The first-order chi connectivity index (χ1) is 15.6. The number of hydrogen-bond acceptors (Lipinski definition) is 7. The van der Waals surface area contributed by atoms with Crippen molar-refractivity contribution < 1.29 is 52.2 Å². The van der Waals surface area contributed by atoms with Gasteiger partial charge in [-0.15, -0.1) is 0 Å². The average molecular weight is 493 g/mol. The molecule has 16 heteroatoms. The molecule has 0 aromatic carbocycles. The van der Waals surface area contributed by atoms with Crippen LogP contribution in [0.1, 0.15) is 30.6 Å². The molecule has 34 heavy (non-hydrogen) atoms. The van der Waals surface area contributed by atoms with Crippen molar-refractivity contribution in [3.05, 3.63) is 30.1 Å². The molecule has 0 saturated heterocycles. The van der Waals surface area contributed by atoms with E-state index in [1.54, 1.807) is 0 Å². The molecule has 13 nitrogen and oxygen atoms in total. The number of halogens is 3. The molecule has 0 radical (unpaired) electrons. The van der Waals surface area contributed by atoms with Gasteiger partial charge < -0.3 is 31.9 Å². The number of alkyl halides is 3. The zero-order valence-electron chi connectivity index (χ0n) is 17.8. The molecule has 0 spiro atoms. The maximum atomic E-state index is 12.1. The molecule has 0 aliphatic carbocycles. The molecule has 0 saturated carbocycles. The van der Waals surface area contributed by atoms with Crippen molar-refractivity contribution in [3.63, 3.8) is 0 Å². The third-order valence-electron chi connectivity index (χ3n) is 3.70. The van der Waals surface area contributed by atoms with Crippen LogP contribution in [-0.2, 0) is 24.0 Å². The van der Waals surface area contributed by atoms with Gasteiger partial charge in [-0.3, -0.25) is 24.2 Å². The Morgan fingerprint density at radius 2 is 1.38 bits per heavy atom. The van der Waals surface area contributed by atoms with Gasteiger partial charge in [0, 0.05) is 18.0 Å². The van der Waals surface area contributed by atoms with Crippen LogP contribution in [0.25, 0.3) is 0 Å². The van der Waals surface area contributed by atoms with Gasteiger partial charge in [0.15, 0.2) is 0 Å². The second-order valence-corrected chi connectivity index (χ2v) is 6.53. The number of carbonyl (C=O) groups is 6. The number of carboxylic acids is 2. The average Bonchev–Trinajstić information content (AvgIpc) is 2.72. The van der Waals surface area contributed by atoms with Gasteiger partial charge in [-0.25, -0.2) is 9.59 Å². The number of aromatic nitrogens is 1. The van der Waals surface area contributed by atoms with Crippen molar-refractivity contribution in [3.8, 4) is 0 Å². The maximum absolute atomic E-state index is 12.1. The van der Waals surface area contributed by atoms with E-state index in [1.807, 2.05) is 0 Å². The summed E-state index contributed by atoms with van der Waals surface area (Å²) < 4.78 is 31.7. The Labute approximate surface area is 189 Å². The lowest BCUT2D eigenvalue weighted by molar-refractivity contribution is -0.192. The van der Waals surface area contributed by atoms with Gasteiger partial charge in [0.1, 0.15) is 18.1 Å². The maximum Gasteiger partial charge on any atom is 0.490 e. The van der Waals surface area contributed by atoms with Gasteiger partial charge in [0.05, 0.1) is 6.42 Å². The van der Waals surface area contributed by atoms with E-state index in [9.17, 15) is 37.1 Å². The van der Waals surface area contributed by atoms with E-state index < -0.39 is 66.3 Å². The van der Waals surface area contributed by atoms with Crippen molar-refractivity contribution in [2.75, 3.05) is 0 Å². The quantitative estimate of drug-likeness (QED) is 0.243.